The quantitative estimate of drug-likeness (QED) is 0.469. The van der Waals surface area contributed by atoms with E-state index in [1.165, 1.54) is 17.7 Å². The van der Waals surface area contributed by atoms with Crippen LogP contribution in [0.1, 0.15) is 37.9 Å². The molecule has 0 aliphatic carbocycles. The van der Waals surface area contributed by atoms with Gasteiger partial charge in [0.2, 0.25) is 5.91 Å². The summed E-state index contributed by atoms with van der Waals surface area (Å²) in [4.78, 5) is 13.0. The molecule has 0 bridgehead atoms. The summed E-state index contributed by atoms with van der Waals surface area (Å²) >= 11 is 0. The Morgan fingerprint density at radius 3 is 2.15 bits per heavy atom. The molecular formula is C26H30N2O4S. The molecule has 0 heterocycles. The zero-order valence-corrected chi connectivity index (χ0v) is 20.0. The normalized spacial score (nSPS) is 12.1. The lowest BCUT2D eigenvalue weighted by Crippen LogP contribution is -2.41. The Morgan fingerprint density at radius 2 is 1.58 bits per heavy atom. The van der Waals surface area contributed by atoms with E-state index in [0.29, 0.717) is 18.0 Å². The minimum atomic E-state index is -3.97. The third kappa shape index (κ3) is 6.14. The van der Waals surface area contributed by atoms with Crippen molar-refractivity contribution in [3.63, 3.8) is 0 Å². The number of amides is 1. The van der Waals surface area contributed by atoms with Gasteiger partial charge in [0.15, 0.2) is 0 Å². The number of aryl methyl sites for hydroxylation is 1. The van der Waals surface area contributed by atoms with E-state index in [2.05, 4.69) is 12.2 Å². The maximum Gasteiger partial charge on any atom is 0.264 e. The van der Waals surface area contributed by atoms with Crippen LogP contribution in [0.2, 0.25) is 0 Å². The molecule has 3 rings (SSSR count). The third-order valence-electron chi connectivity index (χ3n) is 5.32. The van der Waals surface area contributed by atoms with Gasteiger partial charge in [-0.1, -0.05) is 49.4 Å². The first-order chi connectivity index (χ1) is 15.8. The molecule has 0 saturated carbocycles. The van der Waals surface area contributed by atoms with Crippen LogP contribution in [0.25, 0.3) is 0 Å². The highest BCUT2D eigenvalue weighted by atomic mass is 32.2. The number of carbonyl (C=O) groups excluding carboxylic acids is 1. The van der Waals surface area contributed by atoms with E-state index in [-0.39, 0.29) is 23.4 Å². The highest BCUT2D eigenvalue weighted by Crippen LogP contribution is 2.25. The fourth-order valence-corrected chi connectivity index (χ4v) is 4.87. The first-order valence-corrected chi connectivity index (χ1v) is 12.5. The zero-order valence-electron chi connectivity index (χ0n) is 19.2. The molecule has 33 heavy (non-hydrogen) atoms. The number of benzene rings is 3. The molecule has 0 saturated heterocycles. The Hall–Kier alpha value is -3.32. The lowest BCUT2D eigenvalue weighted by molar-refractivity contribution is -0.120. The molecule has 0 fully saturated rings. The summed E-state index contributed by atoms with van der Waals surface area (Å²) in [6.07, 6.45) is 0.941. The van der Waals surface area contributed by atoms with E-state index < -0.39 is 10.0 Å². The van der Waals surface area contributed by atoms with Gasteiger partial charge in [-0.05, 0) is 67.8 Å². The van der Waals surface area contributed by atoms with Gasteiger partial charge in [0.25, 0.3) is 10.0 Å². The average molecular weight is 467 g/mol. The second-order valence-corrected chi connectivity index (χ2v) is 9.50. The molecule has 0 radical (unpaired) electrons. The number of hydrogen-bond acceptors (Lipinski definition) is 4. The number of anilines is 1. The zero-order chi connectivity index (χ0) is 23.8. The van der Waals surface area contributed by atoms with Crippen molar-refractivity contribution >= 4 is 21.6 Å². The smallest absolute Gasteiger partial charge is 0.264 e. The molecule has 3 aromatic carbocycles. The van der Waals surface area contributed by atoms with Crippen LogP contribution >= 0.6 is 0 Å². The SMILES string of the molecule is CCOc1ccc(S(=O)(=O)N(CC(=O)N[C@H](C)c2ccc(CC)cc2)c2ccccc2)cc1. The second kappa shape index (κ2) is 11.0. The fourth-order valence-electron chi connectivity index (χ4n) is 3.45. The van der Waals surface area contributed by atoms with E-state index in [0.717, 1.165) is 16.3 Å². The van der Waals surface area contributed by atoms with Crippen LogP contribution < -0.4 is 14.4 Å². The molecule has 174 valence electrons. The Morgan fingerprint density at radius 1 is 0.939 bits per heavy atom. The molecule has 1 N–H and O–H groups in total. The molecule has 7 heteroatoms. The average Bonchev–Trinajstić information content (AvgIpc) is 2.83. The van der Waals surface area contributed by atoms with Crippen LogP contribution in [0.5, 0.6) is 5.75 Å². The van der Waals surface area contributed by atoms with Crippen LogP contribution in [0, 0.1) is 0 Å². The Bertz CT molecular complexity index is 1150. The van der Waals surface area contributed by atoms with Gasteiger partial charge in [-0.2, -0.15) is 0 Å². The first kappa shape index (κ1) is 24.3. The van der Waals surface area contributed by atoms with Crippen molar-refractivity contribution in [3.05, 3.63) is 90.0 Å². The molecule has 0 unspecified atom stereocenters. The number of para-hydroxylation sites is 1. The van der Waals surface area contributed by atoms with E-state index in [1.54, 1.807) is 42.5 Å². The monoisotopic (exact) mass is 466 g/mol. The lowest BCUT2D eigenvalue weighted by Gasteiger charge is -2.25. The van der Waals surface area contributed by atoms with Crippen molar-refractivity contribution in [2.24, 2.45) is 0 Å². The topological polar surface area (TPSA) is 75.7 Å². The molecule has 0 aromatic heterocycles. The van der Waals surface area contributed by atoms with Gasteiger partial charge in [-0.3, -0.25) is 9.10 Å². The second-order valence-electron chi connectivity index (χ2n) is 7.64. The summed E-state index contributed by atoms with van der Waals surface area (Å²) in [5.74, 6) is 0.198. The minimum absolute atomic E-state index is 0.0887. The van der Waals surface area contributed by atoms with Crippen molar-refractivity contribution < 1.29 is 17.9 Å². The largest absolute Gasteiger partial charge is 0.494 e. The number of hydrogen-bond donors (Lipinski definition) is 1. The number of sulfonamides is 1. The van der Waals surface area contributed by atoms with Gasteiger partial charge in [-0.25, -0.2) is 8.42 Å². The first-order valence-electron chi connectivity index (χ1n) is 11.0. The number of ether oxygens (including phenoxy) is 1. The van der Waals surface area contributed by atoms with Crippen LogP contribution in [0.4, 0.5) is 5.69 Å². The van der Waals surface area contributed by atoms with Gasteiger partial charge >= 0.3 is 0 Å². The van der Waals surface area contributed by atoms with Gasteiger partial charge < -0.3 is 10.1 Å². The maximum absolute atomic E-state index is 13.5. The number of rotatable bonds is 10. The van der Waals surface area contributed by atoms with Crippen LogP contribution in [-0.2, 0) is 21.2 Å². The van der Waals surface area contributed by atoms with E-state index in [4.69, 9.17) is 4.74 Å². The Labute approximate surface area is 196 Å². The lowest BCUT2D eigenvalue weighted by atomic mass is 10.1. The predicted octanol–water partition coefficient (Wildman–Crippen LogP) is 4.72. The summed E-state index contributed by atoms with van der Waals surface area (Å²) in [7, 11) is -3.97. The van der Waals surface area contributed by atoms with Crippen LogP contribution in [0.3, 0.4) is 0 Å². The standard InChI is InChI=1S/C26H30N2O4S/c1-4-21-11-13-22(14-12-21)20(3)27-26(29)19-28(23-9-7-6-8-10-23)33(30,31)25-17-15-24(16-18-25)32-5-2/h6-18,20H,4-5,19H2,1-3H3,(H,27,29)/t20-/m1/s1. The summed E-state index contributed by atoms with van der Waals surface area (Å²) in [6, 6.07) is 22.6. The summed E-state index contributed by atoms with van der Waals surface area (Å²) in [6.45, 7) is 5.98. The van der Waals surface area contributed by atoms with Crippen molar-refractivity contribution in [2.45, 2.75) is 38.1 Å². The highest BCUT2D eigenvalue weighted by molar-refractivity contribution is 7.92. The van der Waals surface area contributed by atoms with Crippen LogP contribution in [-0.4, -0.2) is 27.5 Å². The molecule has 0 spiro atoms. The summed E-state index contributed by atoms with van der Waals surface area (Å²) in [5.41, 5.74) is 2.59. The highest BCUT2D eigenvalue weighted by Gasteiger charge is 2.27. The van der Waals surface area contributed by atoms with Gasteiger partial charge in [0.05, 0.1) is 23.2 Å². The van der Waals surface area contributed by atoms with Crippen LogP contribution in [0.15, 0.2) is 83.8 Å². The number of nitrogens with zero attached hydrogens (tertiary/aromatic N) is 1. The van der Waals surface area contributed by atoms with Crippen molar-refractivity contribution in [3.8, 4) is 5.75 Å². The van der Waals surface area contributed by atoms with Gasteiger partial charge in [0, 0.05) is 0 Å². The van der Waals surface area contributed by atoms with Crippen molar-refractivity contribution in [2.75, 3.05) is 17.5 Å². The fraction of sp³-hybridized carbons (Fsp3) is 0.269. The predicted molar refractivity (Wildman–Crippen MR) is 131 cm³/mol. The Kier molecular flexibility index (Phi) is 8.11. The van der Waals surface area contributed by atoms with Crippen molar-refractivity contribution in [1.82, 2.24) is 5.32 Å². The van der Waals surface area contributed by atoms with E-state index in [9.17, 15) is 13.2 Å². The van der Waals surface area contributed by atoms with Gasteiger partial charge in [0.1, 0.15) is 12.3 Å². The molecule has 1 amide bonds. The molecular weight excluding hydrogens is 436 g/mol. The number of nitrogens with one attached hydrogen (secondary N) is 1. The number of carbonyl (C=O) groups is 1. The summed E-state index contributed by atoms with van der Waals surface area (Å²) in [5, 5.41) is 2.92. The van der Waals surface area contributed by atoms with Crippen molar-refractivity contribution in [1.29, 1.82) is 0 Å². The molecule has 6 nitrogen and oxygen atoms in total. The minimum Gasteiger partial charge on any atom is -0.494 e. The third-order valence-corrected chi connectivity index (χ3v) is 7.11. The summed E-state index contributed by atoms with van der Waals surface area (Å²) < 4.78 is 33.5. The maximum atomic E-state index is 13.5. The molecule has 0 aliphatic rings. The van der Waals surface area contributed by atoms with E-state index in [1.807, 2.05) is 38.1 Å². The molecule has 1 atom stereocenters. The Balaban J connectivity index is 1.82. The molecule has 3 aromatic rings. The van der Waals surface area contributed by atoms with Gasteiger partial charge in [-0.15, -0.1) is 0 Å². The molecule has 0 aliphatic heterocycles. The van der Waals surface area contributed by atoms with E-state index >= 15 is 0 Å².